The molecule has 1 aliphatic rings. The summed E-state index contributed by atoms with van der Waals surface area (Å²) in [5, 5.41) is 0.745. The summed E-state index contributed by atoms with van der Waals surface area (Å²) in [5.74, 6) is 8.19. The van der Waals surface area contributed by atoms with Crippen LogP contribution in [-0.4, -0.2) is 13.2 Å². The van der Waals surface area contributed by atoms with Gasteiger partial charge in [0.1, 0.15) is 5.75 Å². The van der Waals surface area contributed by atoms with Crippen LogP contribution in [-0.2, 0) is 6.42 Å². The standard InChI is InChI=1S/C16H25ClN2O/c1-3-11-4-5-12(8-11)15(19-18)10-13-9-14(17)6-7-16(13)20-2/h6-7,9,11-12,15,19H,3-5,8,10,18H2,1-2H3. The van der Waals surface area contributed by atoms with E-state index in [1.165, 1.54) is 25.7 Å². The van der Waals surface area contributed by atoms with Gasteiger partial charge in [-0.15, -0.1) is 0 Å². The number of hydrazine groups is 1. The molecule has 112 valence electrons. The van der Waals surface area contributed by atoms with Gasteiger partial charge in [-0.1, -0.05) is 31.4 Å². The van der Waals surface area contributed by atoms with Gasteiger partial charge < -0.3 is 4.74 Å². The van der Waals surface area contributed by atoms with E-state index in [4.69, 9.17) is 22.2 Å². The zero-order valence-corrected chi connectivity index (χ0v) is 13.1. The van der Waals surface area contributed by atoms with Gasteiger partial charge in [-0.05, 0) is 54.9 Å². The van der Waals surface area contributed by atoms with Gasteiger partial charge in [-0.3, -0.25) is 11.3 Å². The summed E-state index contributed by atoms with van der Waals surface area (Å²) >= 11 is 6.10. The topological polar surface area (TPSA) is 47.3 Å². The highest BCUT2D eigenvalue weighted by molar-refractivity contribution is 6.30. The Morgan fingerprint density at radius 3 is 2.85 bits per heavy atom. The van der Waals surface area contributed by atoms with Crippen molar-refractivity contribution in [3.8, 4) is 5.75 Å². The third-order valence-electron chi connectivity index (χ3n) is 4.62. The molecule has 1 aliphatic carbocycles. The summed E-state index contributed by atoms with van der Waals surface area (Å²) in [5.41, 5.74) is 4.14. The van der Waals surface area contributed by atoms with Crippen molar-refractivity contribution in [1.82, 2.24) is 5.43 Å². The first-order chi connectivity index (χ1) is 9.67. The third-order valence-corrected chi connectivity index (χ3v) is 4.86. The van der Waals surface area contributed by atoms with Gasteiger partial charge in [0.25, 0.3) is 0 Å². The van der Waals surface area contributed by atoms with Crippen LogP contribution in [0.2, 0.25) is 5.02 Å². The summed E-state index contributed by atoms with van der Waals surface area (Å²) in [6.07, 6.45) is 5.99. The van der Waals surface area contributed by atoms with Gasteiger partial charge in [0.05, 0.1) is 7.11 Å². The van der Waals surface area contributed by atoms with Crippen LogP contribution < -0.4 is 16.0 Å². The largest absolute Gasteiger partial charge is 0.496 e. The number of methoxy groups -OCH3 is 1. The van der Waals surface area contributed by atoms with Gasteiger partial charge in [-0.25, -0.2) is 0 Å². The smallest absolute Gasteiger partial charge is 0.122 e. The molecule has 0 spiro atoms. The summed E-state index contributed by atoms with van der Waals surface area (Å²) in [6, 6.07) is 6.06. The third kappa shape index (κ3) is 3.66. The van der Waals surface area contributed by atoms with Crippen molar-refractivity contribution in [1.29, 1.82) is 0 Å². The number of hydrogen-bond donors (Lipinski definition) is 2. The Morgan fingerprint density at radius 1 is 1.45 bits per heavy atom. The molecule has 20 heavy (non-hydrogen) atoms. The average molecular weight is 297 g/mol. The molecule has 0 bridgehead atoms. The molecule has 3 atom stereocenters. The molecule has 0 aromatic heterocycles. The van der Waals surface area contributed by atoms with Crippen molar-refractivity contribution >= 4 is 11.6 Å². The molecule has 3 unspecified atom stereocenters. The molecule has 3 N–H and O–H groups in total. The SMILES string of the molecule is CCC1CCC(C(Cc2cc(Cl)ccc2OC)NN)C1. The summed E-state index contributed by atoms with van der Waals surface area (Å²) < 4.78 is 5.42. The highest BCUT2D eigenvalue weighted by Gasteiger charge is 2.30. The van der Waals surface area contributed by atoms with E-state index in [2.05, 4.69) is 12.3 Å². The fourth-order valence-electron chi connectivity index (χ4n) is 3.36. The van der Waals surface area contributed by atoms with Crippen LogP contribution in [0.25, 0.3) is 0 Å². The van der Waals surface area contributed by atoms with Crippen LogP contribution in [0.4, 0.5) is 0 Å². The Morgan fingerprint density at radius 2 is 2.25 bits per heavy atom. The van der Waals surface area contributed by atoms with E-state index in [9.17, 15) is 0 Å². The molecule has 4 heteroatoms. The molecular formula is C16H25ClN2O. The summed E-state index contributed by atoms with van der Waals surface area (Å²) in [6.45, 7) is 2.28. The number of nitrogens with two attached hydrogens (primary N) is 1. The zero-order valence-electron chi connectivity index (χ0n) is 12.4. The molecule has 1 saturated carbocycles. The fraction of sp³-hybridized carbons (Fsp3) is 0.625. The minimum absolute atomic E-state index is 0.291. The summed E-state index contributed by atoms with van der Waals surface area (Å²) in [7, 11) is 1.69. The van der Waals surface area contributed by atoms with Crippen LogP contribution >= 0.6 is 11.6 Å². The van der Waals surface area contributed by atoms with Crippen molar-refractivity contribution in [3.05, 3.63) is 28.8 Å². The first kappa shape index (κ1) is 15.6. The van der Waals surface area contributed by atoms with Crippen molar-refractivity contribution in [2.24, 2.45) is 17.7 Å². The van der Waals surface area contributed by atoms with Crippen molar-refractivity contribution in [3.63, 3.8) is 0 Å². The van der Waals surface area contributed by atoms with E-state index < -0.39 is 0 Å². The van der Waals surface area contributed by atoms with E-state index in [1.807, 2.05) is 18.2 Å². The molecule has 0 aliphatic heterocycles. The Hall–Kier alpha value is -0.770. The Balaban J connectivity index is 2.08. The van der Waals surface area contributed by atoms with Crippen LogP contribution in [0.3, 0.4) is 0 Å². The van der Waals surface area contributed by atoms with Crippen LogP contribution in [0.15, 0.2) is 18.2 Å². The first-order valence-corrected chi connectivity index (χ1v) is 7.84. The zero-order chi connectivity index (χ0) is 14.5. The number of benzene rings is 1. The van der Waals surface area contributed by atoms with Gasteiger partial charge in [0.2, 0.25) is 0 Å². The lowest BCUT2D eigenvalue weighted by Crippen LogP contribution is -2.41. The molecular weight excluding hydrogens is 272 g/mol. The molecule has 1 fully saturated rings. The predicted molar refractivity (Wildman–Crippen MR) is 83.9 cm³/mol. The second kappa shape index (κ2) is 7.30. The first-order valence-electron chi connectivity index (χ1n) is 7.46. The Labute approximate surface area is 126 Å². The van der Waals surface area contributed by atoms with E-state index in [1.54, 1.807) is 7.11 Å². The van der Waals surface area contributed by atoms with Gasteiger partial charge in [-0.2, -0.15) is 0 Å². The average Bonchev–Trinajstić information content (AvgIpc) is 2.93. The maximum Gasteiger partial charge on any atom is 0.122 e. The lowest BCUT2D eigenvalue weighted by atomic mass is 9.91. The minimum Gasteiger partial charge on any atom is -0.496 e. The monoisotopic (exact) mass is 296 g/mol. The van der Waals surface area contributed by atoms with Gasteiger partial charge in [0, 0.05) is 11.1 Å². The number of rotatable bonds is 6. The Bertz CT molecular complexity index is 438. The second-order valence-electron chi connectivity index (χ2n) is 5.78. The molecule has 0 radical (unpaired) electrons. The molecule has 2 rings (SSSR count). The fourth-order valence-corrected chi connectivity index (χ4v) is 3.55. The van der Waals surface area contributed by atoms with Crippen LogP contribution in [0.1, 0.15) is 38.2 Å². The summed E-state index contributed by atoms with van der Waals surface area (Å²) in [4.78, 5) is 0. The van der Waals surface area contributed by atoms with Crippen molar-refractivity contribution < 1.29 is 4.74 Å². The molecule has 0 saturated heterocycles. The van der Waals surface area contributed by atoms with Crippen LogP contribution in [0.5, 0.6) is 5.75 Å². The number of nitrogens with one attached hydrogen (secondary N) is 1. The highest BCUT2D eigenvalue weighted by Crippen LogP contribution is 2.36. The molecule has 1 aromatic carbocycles. The normalized spacial score (nSPS) is 23.8. The van der Waals surface area contributed by atoms with E-state index in [0.29, 0.717) is 12.0 Å². The van der Waals surface area contributed by atoms with Crippen molar-refractivity contribution in [2.75, 3.05) is 7.11 Å². The maximum atomic E-state index is 6.10. The minimum atomic E-state index is 0.291. The second-order valence-corrected chi connectivity index (χ2v) is 6.22. The predicted octanol–water partition coefficient (Wildman–Crippen LogP) is 3.55. The van der Waals surface area contributed by atoms with Gasteiger partial charge >= 0.3 is 0 Å². The molecule has 0 amide bonds. The molecule has 1 aromatic rings. The Kier molecular flexibility index (Phi) is 5.70. The number of hydrogen-bond acceptors (Lipinski definition) is 3. The quantitative estimate of drug-likeness (QED) is 0.623. The lowest BCUT2D eigenvalue weighted by molar-refractivity contribution is 0.341. The van der Waals surface area contributed by atoms with E-state index >= 15 is 0 Å². The van der Waals surface area contributed by atoms with Gasteiger partial charge in [0.15, 0.2) is 0 Å². The van der Waals surface area contributed by atoms with E-state index in [0.717, 1.165) is 28.7 Å². The van der Waals surface area contributed by atoms with Crippen LogP contribution in [0, 0.1) is 11.8 Å². The van der Waals surface area contributed by atoms with E-state index in [-0.39, 0.29) is 0 Å². The lowest BCUT2D eigenvalue weighted by Gasteiger charge is -2.24. The molecule has 3 nitrogen and oxygen atoms in total. The molecule has 0 heterocycles. The number of halogens is 1. The van der Waals surface area contributed by atoms with Crippen molar-refractivity contribution in [2.45, 2.75) is 45.1 Å². The number of ether oxygens (including phenoxy) is 1. The highest BCUT2D eigenvalue weighted by atomic mass is 35.5. The maximum absolute atomic E-state index is 6.10.